The predicted molar refractivity (Wildman–Crippen MR) is 64.9 cm³/mol. The molecule has 4 nitrogen and oxygen atoms in total. The van der Waals surface area contributed by atoms with Crippen molar-refractivity contribution in [3.05, 3.63) is 0 Å². The van der Waals surface area contributed by atoms with E-state index in [1.54, 1.807) is 7.11 Å². The number of nitrogens with one attached hydrogen (secondary N) is 1. The maximum absolute atomic E-state index is 12.2. The zero-order valence-corrected chi connectivity index (χ0v) is 10.6. The molecule has 2 fully saturated rings. The van der Waals surface area contributed by atoms with Crippen molar-refractivity contribution in [3.63, 3.8) is 0 Å². The zero-order valence-electron chi connectivity index (χ0n) is 9.83. The number of ether oxygens (including phenoxy) is 1. The van der Waals surface area contributed by atoms with Crippen LogP contribution in [-0.2, 0) is 9.53 Å². The molecule has 1 saturated heterocycles. The number of amides is 1. The first-order valence-electron chi connectivity index (χ1n) is 5.77. The van der Waals surface area contributed by atoms with Crippen LogP contribution >= 0.6 is 12.4 Å². The molecular weight excluding hydrogens is 228 g/mol. The average Bonchev–Trinajstić information content (AvgIpc) is 3.08. The summed E-state index contributed by atoms with van der Waals surface area (Å²) < 4.78 is 5.07. The van der Waals surface area contributed by atoms with Gasteiger partial charge < -0.3 is 15.0 Å². The van der Waals surface area contributed by atoms with Crippen molar-refractivity contribution >= 4 is 18.3 Å². The first kappa shape index (κ1) is 13.7. The first-order valence-corrected chi connectivity index (χ1v) is 5.77. The molecule has 1 amide bonds. The Balaban J connectivity index is 0.00000128. The summed E-state index contributed by atoms with van der Waals surface area (Å²) in [7, 11) is 1.70. The lowest BCUT2D eigenvalue weighted by molar-refractivity contribution is -0.138. The first-order chi connectivity index (χ1) is 7.28. The normalized spacial score (nSPS) is 22.4. The quantitative estimate of drug-likeness (QED) is 0.795. The number of carbonyl (C=O) groups is 1. The Morgan fingerprint density at radius 3 is 2.50 bits per heavy atom. The van der Waals surface area contributed by atoms with E-state index in [9.17, 15) is 4.79 Å². The molecule has 0 radical (unpaired) electrons. The topological polar surface area (TPSA) is 41.6 Å². The fraction of sp³-hybridized carbons (Fsp3) is 0.909. The third-order valence-electron chi connectivity index (χ3n) is 3.50. The van der Waals surface area contributed by atoms with Crippen LogP contribution in [0.3, 0.4) is 0 Å². The molecule has 1 aliphatic carbocycles. The van der Waals surface area contributed by atoms with Gasteiger partial charge in [0.15, 0.2) is 0 Å². The van der Waals surface area contributed by atoms with Crippen LogP contribution in [0, 0.1) is 5.41 Å². The molecule has 0 aromatic heterocycles. The summed E-state index contributed by atoms with van der Waals surface area (Å²) in [5, 5.41) is 3.27. The largest absolute Gasteiger partial charge is 0.385 e. The molecule has 0 spiro atoms. The number of methoxy groups -OCH3 is 1. The third-order valence-corrected chi connectivity index (χ3v) is 3.50. The molecule has 1 aliphatic heterocycles. The van der Waals surface area contributed by atoms with Crippen molar-refractivity contribution in [2.75, 3.05) is 39.9 Å². The predicted octanol–water partition coefficient (Wildman–Crippen LogP) is 0.657. The molecular formula is C11H21ClN2O2. The fourth-order valence-electron chi connectivity index (χ4n) is 2.22. The molecule has 1 heterocycles. The van der Waals surface area contributed by atoms with E-state index in [0.29, 0.717) is 12.5 Å². The highest BCUT2D eigenvalue weighted by Gasteiger charge is 2.50. The van der Waals surface area contributed by atoms with Crippen LogP contribution in [0.5, 0.6) is 0 Å². The van der Waals surface area contributed by atoms with Gasteiger partial charge in [0.05, 0.1) is 5.41 Å². The number of nitrogens with zero attached hydrogens (tertiary/aromatic N) is 1. The molecule has 94 valence electrons. The second-order valence-electron chi connectivity index (χ2n) is 4.57. The highest BCUT2D eigenvalue weighted by molar-refractivity contribution is 5.85. The van der Waals surface area contributed by atoms with Crippen LogP contribution < -0.4 is 5.32 Å². The Hall–Kier alpha value is -0.320. The van der Waals surface area contributed by atoms with Crippen LogP contribution in [-0.4, -0.2) is 50.7 Å². The lowest BCUT2D eigenvalue weighted by Gasteiger charge is -2.31. The summed E-state index contributed by atoms with van der Waals surface area (Å²) in [5.74, 6) is 0.362. The van der Waals surface area contributed by atoms with Crippen molar-refractivity contribution in [2.24, 2.45) is 5.41 Å². The van der Waals surface area contributed by atoms with Gasteiger partial charge in [0, 0.05) is 39.9 Å². The monoisotopic (exact) mass is 248 g/mol. The lowest BCUT2D eigenvalue weighted by Crippen LogP contribution is -2.49. The molecule has 2 rings (SSSR count). The molecule has 0 bridgehead atoms. The molecule has 0 atom stereocenters. The van der Waals surface area contributed by atoms with Crippen LogP contribution in [0.25, 0.3) is 0 Å². The molecule has 0 aromatic rings. The molecule has 1 N–H and O–H groups in total. The van der Waals surface area contributed by atoms with E-state index in [4.69, 9.17) is 4.74 Å². The minimum Gasteiger partial charge on any atom is -0.385 e. The van der Waals surface area contributed by atoms with E-state index >= 15 is 0 Å². The molecule has 2 aliphatic rings. The van der Waals surface area contributed by atoms with E-state index in [1.807, 2.05) is 4.90 Å². The maximum atomic E-state index is 12.2. The molecule has 16 heavy (non-hydrogen) atoms. The highest BCUT2D eigenvalue weighted by atomic mass is 35.5. The van der Waals surface area contributed by atoms with E-state index < -0.39 is 0 Å². The summed E-state index contributed by atoms with van der Waals surface area (Å²) in [6, 6.07) is 0. The van der Waals surface area contributed by atoms with E-state index in [-0.39, 0.29) is 17.8 Å². The standard InChI is InChI=1S/C11H20N2O2.ClH/c1-15-9-4-11(2-3-11)10(14)13-7-5-12-6-8-13;/h12H,2-9H2,1H3;1H. The van der Waals surface area contributed by atoms with Crippen molar-refractivity contribution in [2.45, 2.75) is 19.3 Å². The second kappa shape index (κ2) is 5.84. The van der Waals surface area contributed by atoms with Crippen molar-refractivity contribution in [3.8, 4) is 0 Å². The van der Waals surface area contributed by atoms with Gasteiger partial charge in [0.25, 0.3) is 0 Å². The van der Waals surface area contributed by atoms with Gasteiger partial charge in [-0.25, -0.2) is 0 Å². The molecule has 1 saturated carbocycles. The lowest BCUT2D eigenvalue weighted by atomic mass is 10.0. The zero-order chi connectivity index (χ0) is 10.7. The van der Waals surface area contributed by atoms with Crippen molar-refractivity contribution in [1.82, 2.24) is 10.2 Å². The Morgan fingerprint density at radius 1 is 1.38 bits per heavy atom. The van der Waals surface area contributed by atoms with Crippen LogP contribution in [0.4, 0.5) is 0 Å². The van der Waals surface area contributed by atoms with Crippen molar-refractivity contribution in [1.29, 1.82) is 0 Å². The third kappa shape index (κ3) is 2.87. The smallest absolute Gasteiger partial charge is 0.228 e. The number of hydrogen-bond acceptors (Lipinski definition) is 3. The summed E-state index contributed by atoms with van der Waals surface area (Å²) in [6.07, 6.45) is 3.00. The Morgan fingerprint density at radius 2 is 2.00 bits per heavy atom. The van der Waals surface area contributed by atoms with E-state index in [0.717, 1.165) is 45.4 Å². The highest BCUT2D eigenvalue weighted by Crippen LogP contribution is 2.50. The Labute approximate surface area is 103 Å². The van der Waals surface area contributed by atoms with Crippen molar-refractivity contribution < 1.29 is 9.53 Å². The number of hydrogen-bond donors (Lipinski definition) is 1. The van der Waals surface area contributed by atoms with Gasteiger partial charge >= 0.3 is 0 Å². The van der Waals surface area contributed by atoms with E-state index in [1.165, 1.54) is 0 Å². The molecule has 0 unspecified atom stereocenters. The number of carbonyl (C=O) groups excluding carboxylic acids is 1. The fourth-order valence-corrected chi connectivity index (χ4v) is 2.22. The van der Waals surface area contributed by atoms with Gasteiger partial charge in [-0.2, -0.15) is 0 Å². The van der Waals surface area contributed by atoms with Crippen LogP contribution in [0.15, 0.2) is 0 Å². The summed E-state index contributed by atoms with van der Waals surface area (Å²) in [6.45, 7) is 4.32. The number of rotatable bonds is 4. The van der Waals surface area contributed by atoms with Gasteiger partial charge in [-0.3, -0.25) is 4.79 Å². The van der Waals surface area contributed by atoms with Gasteiger partial charge in [0.1, 0.15) is 0 Å². The summed E-state index contributed by atoms with van der Waals surface area (Å²) in [5.41, 5.74) is -0.0483. The summed E-state index contributed by atoms with van der Waals surface area (Å²) >= 11 is 0. The van der Waals surface area contributed by atoms with Crippen LogP contribution in [0.1, 0.15) is 19.3 Å². The molecule has 5 heteroatoms. The number of piperazine rings is 1. The van der Waals surface area contributed by atoms with Gasteiger partial charge in [-0.05, 0) is 19.3 Å². The van der Waals surface area contributed by atoms with Gasteiger partial charge in [-0.15, -0.1) is 12.4 Å². The minimum atomic E-state index is -0.0483. The van der Waals surface area contributed by atoms with Gasteiger partial charge in [0.2, 0.25) is 5.91 Å². The average molecular weight is 249 g/mol. The van der Waals surface area contributed by atoms with Crippen LogP contribution in [0.2, 0.25) is 0 Å². The molecule has 0 aromatic carbocycles. The SMILES string of the molecule is COCCC1(C(=O)N2CCNCC2)CC1.Cl. The Kier molecular flexibility index (Phi) is 5.02. The van der Waals surface area contributed by atoms with Gasteiger partial charge in [-0.1, -0.05) is 0 Å². The Bertz CT molecular complexity index is 238. The maximum Gasteiger partial charge on any atom is 0.228 e. The second-order valence-corrected chi connectivity index (χ2v) is 4.57. The summed E-state index contributed by atoms with van der Waals surface area (Å²) in [4.78, 5) is 14.2. The van der Waals surface area contributed by atoms with E-state index in [2.05, 4.69) is 5.32 Å². The number of halogens is 1. The minimum absolute atomic E-state index is 0.